The average Bonchev–Trinajstić information content (AvgIpc) is 3.01. The molecule has 7 heteroatoms. The number of carbonyl (C=O) groups is 1. The number of amides is 1. The van der Waals surface area contributed by atoms with E-state index < -0.39 is 0 Å². The molecule has 0 saturated carbocycles. The van der Waals surface area contributed by atoms with Gasteiger partial charge in [0.2, 0.25) is 5.91 Å². The number of terminal acetylenes is 1. The fourth-order valence-corrected chi connectivity index (χ4v) is 5.71. The third kappa shape index (κ3) is 4.61. The summed E-state index contributed by atoms with van der Waals surface area (Å²) < 4.78 is 1.77. The van der Waals surface area contributed by atoms with Gasteiger partial charge in [-0.15, -0.1) is 17.8 Å². The molecule has 0 saturated heterocycles. The second-order valence-electron chi connectivity index (χ2n) is 7.84. The minimum absolute atomic E-state index is 0.0456. The normalized spacial score (nSPS) is 16.2. The standard InChI is InChI=1S/C21H27N3O2S2/c1-5-9-22-17(25)12-27-21-23-19-18(20(26)24(21)10-8-13(2)3)15-7-6-14(4)11-16(15)28-19/h1,13-14H,6-12H2,2-4H3,(H,22,25)/t14-/m0/s1. The zero-order valence-corrected chi connectivity index (χ0v) is 18.3. The Bertz CT molecular complexity index is 969. The van der Waals surface area contributed by atoms with Crippen LogP contribution in [0.15, 0.2) is 9.95 Å². The summed E-state index contributed by atoms with van der Waals surface area (Å²) in [5, 5.41) is 4.09. The summed E-state index contributed by atoms with van der Waals surface area (Å²) in [6, 6.07) is 0. The lowest BCUT2D eigenvalue weighted by Gasteiger charge is -2.18. The Hall–Kier alpha value is -1.78. The lowest BCUT2D eigenvalue weighted by atomic mass is 9.89. The van der Waals surface area contributed by atoms with Gasteiger partial charge in [-0.3, -0.25) is 14.2 Å². The van der Waals surface area contributed by atoms with Gasteiger partial charge < -0.3 is 5.32 Å². The minimum atomic E-state index is -0.146. The Labute approximate surface area is 174 Å². The molecule has 0 bridgehead atoms. The molecule has 0 aromatic carbocycles. The first-order valence-corrected chi connectivity index (χ1v) is 11.6. The summed E-state index contributed by atoms with van der Waals surface area (Å²) in [5.74, 6) is 3.58. The highest BCUT2D eigenvalue weighted by molar-refractivity contribution is 7.99. The number of aryl methyl sites for hydroxylation is 1. The molecule has 2 aromatic rings. The number of nitrogens with one attached hydrogen (secondary N) is 1. The molecule has 1 aliphatic carbocycles. The van der Waals surface area contributed by atoms with Crippen molar-refractivity contribution in [1.29, 1.82) is 0 Å². The maximum atomic E-state index is 13.4. The van der Waals surface area contributed by atoms with Crippen molar-refractivity contribution in [2.24, 2.45) is 11.8 Å². The van der Waals surface area contributed by atoms with E-state index in [9.17, 15) is 9.59 Å². The number of thioether (sulfide) groups is 1. The van der Waals surface area contributed by atoms with E-state index >= 15 is 0 Å². The van der Waals surface area contributed by atoms with Gasteiger partial charge >= 0.3 is 0 Å². The van der Waals surface area contributed by atoms with Crippen LogP contribution in [-0.2, 0) is 24.2 Å². The molecule has 0 fully saturated rings. The molecule has 0 unspecified atom stereocenters. The highest BCUT2D eigenvalue weighted by atomic mass is 32.2. The van der Waals surface area contributed by atoms with Gasteiger partial charge in [0.05, 0.1) is 17.7 Å². The van der Waals surface area contributed by atoms with Crippen molar-refractivity contribution in [3.8, 4) is 12.3 Å². The van der Waals surface area contributed by atoms with Crippen LogP contribution in [0.5, 0.6) is 0 Å². The van der Waals surface area contributed by atoms with Gasteiger partial charge in [0.25, 0.3) is 5.56 Å². The molecule has 1 aliphatic rings. The van der Waals surface area contributed by atoms with Crippen molar-refractivity contribution in [3.05, 3.63) is 20.8 Å². The maximum Gasteiger partial charge on any atom is 0.263 e. The van der Waals surface area contributed by atoms with Crippen molar-refractivity contribution in [2.75, 3.05) is 12.3 Å². The van der Waals surface area contributed by atoms with Crippen molar-refractivity contribution in [3.63, 3.8) is 0 Å². The number of hydrogen-bond acceptors (Lipinski definition) is 5. The third-order valence-electron chi connectivity index (χ3n) is 5.03. The first kappa shape index (κ1) is 20.9. The molecule has 1 amide bonds. The van der Waals surface area contributed by atoms with E-state index in [0.717, 1.165) is 35.9 Å². The van der Waals surface area contributed by atoms with Crippen LogP contribution in [0, 0.1) is 24.2 Å². The molecule has 5 nitrogen and oxygen atoms in total. The summed E-state index contributed by atoms with van der Waals surface area (Å²) in [5.41, 5.74) is 1.25. The first-order chi connectivity index (χ1) is 13.4. The van der Waals surface area contributed by atoms with E-state index in [1.807, 2.05) is 0 Å². The number of rotatable bonds is 7. The van der Waals surface area contributed by atoms with Crippen molar-refractivity contribution in [2.45, 2.75) is 58.2 Å². The molecule has 28 heavy (non-hydrogen) atoms. The van der Waals surface area contributed by atoms with Gasteiger partial charge in [0.15, 0.2) is 5.16 Å². The molecule has 150 valence electrons. The number of aromatic nitrogens is 2. The van der Waals surface area contributed by atoms with Gasteiger partial charge in [0, 0.05) is 11.4 Å². The van der Waals surface area contributed by atoms with E-state index in [1.54, 1.807) is 15.9 Å². The van der Waals surface area contributed by atoms with Crippen LogP contribution in [0.4, 0.5) is 0 Å². The molecular formula is C21H27N3O2S2. The van der Waals surface area contributed by atoms with Gasteiger partial charge in [-0.1, -0.05) is 38.5 Å². The number of fused-ring (bicyclic) bond motifs is 3. The predicted octanol–water partition coefficient (Wildman–Crippen LogP) is 3.47. The molecule has 3 rings (SSSR count). The molecule has 0 radical (unpaired) electrons. The topological polar surface area (TPSA) is 64.0 Å². The van der Waals surface area contributed by atoms with Crippen LogP contribution >= 0.6 is 23.1 Å². The summed E-state index contributed by atoms with van der Waals surface area (Å²) in [6.45, 7) is 7.38. The van der Waals surface area contributed by atoms with Crippen molar-refractivity contribution < 1.29 is 4.79 Å². The van der Waals surface area contributed by atoms with Crippen LogP contribution < -0.4 is 10.9 Å². The van der Waals surface area contributed by atoms with Crippen LogP contribution in [0.1, 0.15) is 44.1 Å². The quantitative estimate of drug-likeness (QED) is 0.426. The summed E-state index contributed by atoms with van der Waals surface area (Å²) in [4.78, 5) is 32.3. The summed E-state index contributed by atoms with van der Waals surface area (Å²) in [6.07, 6.45) is 9.19. The zero-order valence-electron chi connectivity index (χ0n) is 16.7. The Morgan fingerprint density at radius 1 is 1.50 bits per heavy atom. The molecule has 0 aliphatic heterocycles. The number of hydrogen-bond donors (Lipinski definition) is 1. The minimum Gasteiger partial charge on any atom is -0.344 e. The summed E-state index contributed by atoms with van der Waals surface area (Å²) in [7, 11) is 0. The largest absolute Gasteiger partial charge is 0.344 e. The maximum absolute atomic E-state index is 13.4. The summed E-state index contributed by atoms with van der Waals surface area (Å²) >= 11 is 2.96. The Morgan fingerprint density at radius 2 is 2.29 bits per heavy atom. The van der Waals surface area contributed by atoms with Crippen LogP contribution in [0.2, 0.25) is 0 Å². The molecule has 0 spiro atoms. The van der Waals surface area contributed by atoms with Gasteiger partial charge in [-0.2, -0.15) is 0 Å². The van der Waals surface area contributed by atoms with Gasteiger partial charge in [-0.05, 0) is 43.1 Å². The number of carbonyl (C=O) groups excluding carboxylic acids is 1. The fraction of sp³-hybridized carbons (Fsp3) is 0.571. The third-order valence-corrected chi connectivity index (χ3v) is 7.15. The molecule has 2 aromatic heterocycles. The van der Waals surface area contributed by atoms with E-state index in [0.29, 0.717) is 23.5 Å². The smallest absolute Gasteiger partial charge is 0.263 e. The van der Waals surface area contributed by atoms with Crippen molar-refractivity contribution >= 4 is 39.2 Å². The van der Waals surface area contributed by atoms with Crippen LogP contribution in [0.3, 0.4) is 0 Å². The number of nitrogens with zero attached hydrogens (tertiary/aromatic N) is 2. The average molecular weight is 418 g/mol. The Balaban J connectivity index is 1.98. The zero-order chi connectivity index (χ0) is 20.3. The highest BCUT2D eigenvalue weighted by Gasteiger charge is 2.25. The van der Waals surface area contributed by atoms with Crippen molar-refractivity contribution in [1.82, 2.24) is 14.9 Å². The highest BCUT2D eigenvalue weighted by Crippen LogP contribution is 2.36. The molecular weight excluding hydrogens is 390 g/mol. The predicted molar refractivity (Wildman–Crippen MR) is 117 cm³/mol. The van der Waals surface area contributed by atoms with E-state index in [4.69, 9.17) is 11.4 Å². The molecule has 1 N–H and O–H groups in total. The van der Waals surface area contributed by atoms with E-state index in [2.05, 4.69) is 32.0 Å². The first-order valence-electron chi connectivity index (χ1n) is 9.78. The number of thiophene rings is 1. The second kappa shape index (κ2) is 9.15. The van der Waals surface area contributed by atoms with E-state index in [-0.39, 0.29) is 23.8 Å². The molecule has 1 atom stereocenters. The van der Waals surface area contributed by atoms with Crippen LogP contribution in [-0.4, -0.2) is 27.8 Å². The second-order valence-corrected chi connectivity index (χ2v) is 9.86. The Kier molecular flexibility index (Phi) is 6.84. The van der Waals surface area contributed by atoms with Gasteiger partial charge in [0.1, 0.15) is 4.83 Å². The SMILES string of the molecule is C#CCNC(=O)CSc1nc2sc3c(c2c(=O)n1CCC(C)C)CC[C@H](C)C3. The van der Waals surface area contributed by atoms with E-state index in [1.165, 1.54) is 22.2 Å². The van der Waals surface area contributed by atoms with Crippen LogP contribution in [0.25, 0.3) is 10.2 Å². The lowest BCUT2D eigenvalue weighted by Crippen LogP contribution is -2.27. The molecule has 2 heterocycles. The lowest BCUT2D eigenvalue weighted by molar-refractivity contribution is -0.118. The monoisotopic (exact) mass is 417 g/mol. The van der Waals surface area contributed by atoms with Gasteiger partial charge in [-0.25, -0.2) is 4.98 Å². The Morgan fingerprint density at radius 3 is 3.00 bits per heavy atom. The fourth-order valence-electron chi connectivity index (χ4n) is 3.43.